The van der Waals surface area contributed by atoms with Gasteiger partial charge in [0.1, 0.15) is 5.83 Å². The van der Waals surface area contributed by atoms with Gasteiger partial charge in [-0.15, -0.1) is 0 Å². The van der Waals surface area contributed by atoms with Gasteiger partial charge in [-0.05, 0) is 87.9 Å². The van der Waals surface area contributed by atoms with Crippen molar-refractivity contribution in [2.75, 3.05) is 13.2 Å². The van der Waals surface area contributed by atoms with E-state index in [1.807, 2.05) is 0 Å². The van der Waals surface area contributed by atoms with Crippen molar-refractivity contribution in [3.8, 4) is 0 Å². The average Bonchev–Trinajstić information content (AvgIpc) is 2.89. The first-order valence-electron chi connectivity index (χ1n) is 15.0. The summed E-state index contributed by atoms with van der Waals surface area (Å²) in [5.41, 5.74) is 0. The lowest BCUT2D eigenvalue weighted by Gasteiger charge is -2.42. The highest BCUT2D eigenvalue weighted by Crippen LogP contribution is 2.45. The van der Waals surface area contributed by atoms with Crippen molar-refractivity contribution in [2.45, 2.75) is 122 Å². The fourth-order valence-electron chi connectivity index (χ4n) is 7.74. The van der Waals surface area contributed by atoms with Crippen molar-refractivity contribution >= 4 is 0 Å². The largest absolute Gasteiger partial charge is 0.412 e. The Hall–Kier alpha value is -0.620. The first kappa shape index (κ1) is 28.4. The summed E-state index contributed by atoms with van der Waals surface area (Å²) in [7, 11) is 0. The molecule has 0 amide bonds. The second-order valence-corrected chi connectivity index (χ2v) is 12.4. The van der Waals surface area contributed by atoms with Gasteiger partial charge in [0, 0.05) is 17.8 Å². The van der Waals surface area contributed by atoms with Crippen LogP contribution in [-0.2, 0) is 9.47 Å². The number of hydrogen-bond donors (Lipinski definition) is 0. The van der Waals surface area contributed by atoms with E-state index in [4.69, 9.17) is 9.47 Å². The predicted molar refractivity (Wildman–Crippen MR) is 135 cm³/mol. The molecule has 0 unspecified atom stereocenters. The third-order valence-corrected chi connectivity index (χ3v) is 10.1. The summed E-state index contributed by atoms with van der Waals surface area (Å²) >= 11 is 0. The lowest BCUT2D eigenvalue weighted by molar-refractivity contribution is -0.237. The van der Waals surface area contributed by atoms with Crippen molar-refractivity contribution < 1.29 is 27.0 Å². The Labute approximate surface area is 215 Å². The molecule has 3 saturated carbocycles. The van der Waals surface area contributed by atoms with E-state index in [9.17, 15) is 17.6 Å². The number of rotatable bonds is 8. The molecule has 4 aliphatic rings. The molecule has 0 aromatic carbocycles. The smallest absolute Gasteiger partial charge is 0.352 e. The zero-order valence-electron chi connectivity index (χ0n) is 22.3. The summed E-state index contributed by atoms with van der Waals surface area (Å²) in [5, 5.41) is 0. The van der Waals surface area contributed by atoms with Crippen molar-refractivity contribution in [3.05, 3.63) is 11.9 Å². The van der Waals surface area contributed by atoms with E-state index >= 15 is 0 Å². The van der Waals surface area contributed by atoms with Crippen molar-refractivity contribution in [3.63, 3.8) is 0 Å². The summed E-state index contributed by atoms with van der Waals surface area (Å²) in [6, 6.07) is 0. The Bertz CT molecular complexity index is 661. The highest BCUT2D eigenvalue weighted by Gasteiger charge is 2.38. The van der Waals surface area contributed by atoms with Crippen LogP contribution < -0.4 is 0 Å². The van der Waals surface area contributed by atoms with Crippen LogP contribution in [0.5, 0.6) is 0 Å². The van der Waals surface area contributed by atoms with E-state index in [-0.39, 0.29) is 12.4 Å². The topological polar surface area (TPSA) is 18.5 Å². The monoisotopic (exact) mass is 516 g/mol. The molecular formula is C30H48F4O2. The number of unbranched alkanes of at least 4 members (excludes halogenated alkanes) is 2. The first-order valence-corrected chi connectivity index (χ1v) is 15.0. The molecule has 4 fully saturated rings. The van der Waals surface area contributed by atoms with Crippen LogP contribution in [0.25, 0.3) is 0 Å². The van der Waals surface area contributed by atoms with Gasteiger partial charge in [-0.3, -0.25) is 0 Å². The zero-order chi connectivity index (χ0) is 25.5. The highest BCUT2D eigenvalue weighted by molar-refractivity contribution is 5.03. The predicted octanol–water partition coefficient (Wildman–Crippen LogP) is 9.39. The quantitative estimate of drug-likeness (QED) is 0.236. The minimum absolute atomic E-state index is 0.0649. The van der Waals surface area contributed by atoms with Gasteiger partial charge in [-0.25, -0.2) is 4.39 Å². The Morgan fingerprint density at radius 2 is 1.19 bits per heavy atom. The normalized spacial score (nSPS) is 39.2. The third kappa shape index (κ3) is 8.19. The Kier molecular flexibility index (Phi) is 10.6. The van der Waals surface area contributed by atoms with Crippen LogP contribution in [0.2, 0.25) is 0 Å². The molecule has 0 atom stereocenters. The summed E-state index contributed by atoms with van der Waals surface area (Å²) in [5.74, 6) is 2.32. The SMILES string of the molecule is CCCCCC1CCC(C2COC(C3CCC(C4CCC(C(F)=CC(F)(F)F)CC4)CC3)OC2)CC1. The molecule has 0 aromatic rings. The number of hydrogen-bond acceptors (Lipinski definition) is 2. The van der Waals surface area contributed by atoms with Crippen molar-refractivity contribution in [1.29, 1.82) is 0 Å². The standard InChI is InChI=1S/C30H48F4O2/c1-2-3-4-5-21-6-8-24(9-7-21)27-19-35-29(36-20-27)26-16-12-23(13-17-26)22-10-14-25(15-11-22)28(31)18-30(32,33)34/h18,21-27,29H,2-17,19-20H2,1H3. The molecule has 1 heterocycles. The molecule has 0 aromatic heterocycles. The minimum atomic E-state index is -4.56. The van der Waals surface area contributed by atoms with Crippen LogP contribution >= 0.6 is 0 Å². The molecular weight excluding hydrogens is 468 g/mol. The lowest BCUT2D eigenvalue weighted by atomic mass is 9.69. The summed E-state index contributed by atoms with van der Waals surface area (Å²) < 4.78 is 63.9. The molecule has 6 heteroatoms. The van der Waals surface area contributed by atoms with Crippen LogP contribution in [-0.4, -0.2) is 25.7 Å². The molecule has 0 spiro atoms. The van der Waals surface area contributed by atoms with Gasteiger partial charge >= 0.3 is 6.18 Å². The number of ether oxygens (including phenoxy) is 2. The first-order chi connectivity index (χ1) is 17.3. The molecule has 1 aliphatic heterocycles. The zero-order valence-corrected chi connectivity index (χ0v) is 22.3. The fourth-order valence-corrected chi connectivity index (χ4v) is 7.74. The second-order valence-electron chi connectivity index (χ2n) is 12.4. The molecule has 0 radical (unpaired) electrons. The molecule has 0 bridgehead atoms. The molecule has 3 aliphatic carbocycles. The molecule has 36 heavy (non-hydrogen) atoms. The van der Waals surface area contributed by atoms with E-state index in [0.717, 1.165) is 63.6 Å². The van der Waals surface area contributed by atoms with E-state index in [1.54, 1.807) is 0 Å². The van der Waals surface area contributed by atoms with Gasteiger partial charge in [-0.1, -0.05) is 45.4 Å². The van der Waals surface area contributed by atoms with Crippen LogP contribution in [0, 0.1) is 41.4 Å². The van der Waals surface area contributed by atoms with Crippen molar-refractivity contribution in [1.82, 2.24) is 0 Å². The van der Waals surface area contributed by atoms with Crippen LogP contribution in [0.15, 0.2) is 11.9 Å². The van der Waals surface area contributed by atoms with Crippen LogP contribution in [0.1, 0.15) is 110 Å². The maximum Gasteiger partial charge on any atom is 0.412 e. The van der Waals surface area contributed by atoms with Gasteiger partial charge in [0.2, 0.25) is 0 Å². The number of halogens is 4. The van der Waals surface area contributed by atoms with E-state index in [2.05, 4.69) is 6.92 Å². The number of allylic oxidation sites excluding steroid dienone is 2. The van der Waals surface area contributed by atoms with Gasteiger partial charge in [0.05, 0.1) is 19.3 Å². The highest BCUT2D eigenvalue weighted by atomic mass is 19.4. The van der Waals surface area contributed by atoms with Gasteiger partial charge in [-0.2, -0.15) is 13.2 Å². The van der Waals surface area contributed by atoms with E-state index < -0.39 is 17.9 Å². The molecule has 0 N–H and O–H groups in total. The maximum absolute atomic E-state index is 13.9. The maximum atomic E-state index is 13.9. The molecule has 2 nitrogen and oxygen atoms in total. The van der Waals surface area contributed by atoms with E-state index in [0.29, 0.717) is 36.5 Å². The van der Waals surface area contributed by atoms with Crippen LogP contribution in [0.4, 0.5) is 17.6 Å². The Morgan fingerprint density at radius 1 is 0.694 bits per heavy atom. The number of alkyl halides is 3. The summed E-state index contributed by atoms with van der Waals surface area (Å²) in [6.07, 6.45) is 13.4. The molecule has 4 rings (SSSR count). The Balaban J connectivity index is 1.12. The second kappa shape index (κ2) is 13.4. The van der Waals surface area contributed by atoms with Crippen LogP contribution in [0.3, 0.4) is 0 Å². The third-order valence-electron chi connectivity index (χ3n) is 10.1. The fraction of sp³-hybridized carbons (Fsp3) is 0.933. The minimum Gasteiger partial charge on any atom is -0.352 e. The van der Waals surface area contributed by atoms with Gasteiger partial charge in [0.25, 0.3) is 0 Å². The summed E-state index contributed by atoms with van der Waals surface area (Å²) in [6.45, 7) is 3.97. The van der Waals surface area contributed by atoms with Gasteiger partial charge < -0.3 is 9.47 Å². The molecule has 1 saturated heterocycles. The average molecular weight is 517 g/mol. The molecule has 208 valence electrons. The Morgan fingerprint density at radius 3 is 1.75 bits per heavy atom. The summed E-state index contributed by atoms with van der Waals surface area (Å²) in [4.78, 5) is 0. The lowest BCUT2D eigenvalue weighted by Crippen LogP contribution is -2.42. The van der Waals surface area contributed by atoms with Crippen molar-refractivity contribution in [2.24, 2.45) is 41.4 Å². The van der Waals surface area contributed by atoms with E-state index in [1.165, 1.54) is 51.4 Å². The van der Waals surface area contributed by atoms with Gasteiger partial charge in [0.15, 0.2) is 6.29 Å².